The Morgan fingerprint density at radius 1 is 1.08 bits per heavy atom. The summed E-state index contributed by atoms with van der Waals surface area (Å²) >= 11 is 0. The van der Waals surface area contributed by atoms with E-state index in [1.165, 1.54) is 0 Å². The number of hydrogen-bond acceptors (Lipinski definition) is 3. The number of carbonyl (C=O) groups is 2. The third-order valence-corrected chi connectivity index (χ3v) is 4.30. The minimum atomic E-state index is -1.15. The lowest BCUT2D eigenvalue weighted by Crippen LogP contribution is -2.50. The van der Waals surface area contributed by atoms with Crippen LogP contribution in [0, 0.1) is 11.3 Å². The number of rotatable bonds is 7. The van der Waals surface area contributed by atoms with Crippen LogP contribution in [0.15, 0.2) is 60.7 Å². The van der Waals surface area contributed by atoms with Crippen LogP contribution in [0.1, 0.15) is 30.9 Å². The molecule has 128 valence electrons. The van der Waals surface area contributed by atoms with Gasteiger partial charge in [0.15, 0.2) is 0 Å². The third-order valence-electron chi connectivity index (χ3n) is 4.30. The van der Waals surface area contributed by atoms with E-state index >= 15 is 0 Å². The molecule has 0 aliphatic heterocycles. The van der Waals surface area contributed by atoms with Crippen molar-refractivity contribution in [1.82, 2.24) is 5.32 Å². The average Bonchev–Trinajstić information content (AvgIpc) is 2.65. The molecule has 0 aliphatic rings. The Bertz CT molecular complexity index is 727. The van der Waals surface area contributed by atoms with Crippen LogP contribution in [0.2, 0.25) is 0 Å². The zero-order valence-corrected chi connectivity index (χ0v) is 14.0. The molecule has 1 atom stereocenters. The quantitative estimate of drug-likeness (QED) is 0.813. The molecule has 0 fully saturated rings. The number of nitrogens with one attached hydrogen (secondary N) is 1. The largest absolute Gasteiger partial charge is 0.480 e. The van der Waals surface area contributed by atoms with Gasteiger partial charge in [-0.3, -0.25) is 4.79 Å². The predicted octanol–water partition coefficient (Wildman–Crippen LogP) is 2.87. The number of aliphatic carboxylic acids is 1. The van der Waals surface area contributed by atoms with Crippen molar-refractivity contribution in [2.45, 2.75) is 31.2 Å². The molecule has 0 aromatic heterocycles. The summed E-state index contributed by atoms with van der Waals surface area (Å²) in [5.41, 5.74) is 0.495. The molecule has 0 saturated carbocycles. The van der Waals surface area contributed by atoms with Crippen LogP contribution in [-0.4, -0.2) is 23.0 Å². The highest BCUT2D eigenvalue weighted by atomic mass is 16.4. The Hall–Kier alpha value is -3.13. The monoisotopic (exact) mass is 336 g/mol. The SMILES string of the molecule is CC(C(=O)N[C@@H](CCC#N)C(=O)O)(c1ccccc1)c1ccccc1. The molecule has 25 heavy (non-hydrogen) atoms. The lowest BCUT2D eigenvalue weighted by Gasteiger charge is -2.31. The highest BCUT2D eigenvalue weighted by Gasteiger charge is 2.38. The van der Waals surface area contributed by atoms with Crippen molar-refractivity contribution in [3.8, 4) is 6.07 Å². The molecule has 2 N–H and O–H groups in total. The van der Waals surface area contributed by atoms with Gasteiger partial charge in [-0.15, -0.1) is 0 Å². The Morgan fingerprint density at radius 3 is 1.96 bits per heavy atom. The molecule has 0 bridgehead atoms. The number of amides is 1. The number of carboxylic acid groups (broad SMARTS) is 1. The summed E-state index contributed by atoms with van der Waals surface area (Å²) in [7, 11) is 0. The number of carboxylic acids is 1. The van der Waals surface area contributed by atoms with Crippen LogP contribution >= 0.6 is 0 Å². The molecule has 2 aromatic rings. The first-order valence-electron chi connectivity index (χ1n) is 8.02. The van der Waals surface area contributed by atoms with Gasteiger partial charge in [0.05, 0.1) is 11.5 Å². The maximum Gasteiger partial charge on any atom is 0.326 e. The summed E-state index contributed by atoms with van der Waals surface area (Å²) < 4.78 is 0. The molecule has 5 nitrogen and oxygen atoms in total. The minimum absolute atomic E-state index is 0.0602. The maximum atomic E-state index is 13.1. The van der Waals surface area contributed by atoms with Crippen molar-refractivity contribution < 1.29 is 14.7 Å². The fraction of sp³-hybridized carbons (Fsp3) is 0.250. The number of carbonyl (C=O) groups excluding carboxylic acids is 1. The van der Waals surface area contributed by atoms with Crippen molar-refractivity contribution in [1.29, 1.82) is 5.26 Å². The van der Waals surface area contributed by atoms with E-state index in [0.29, 0.717) is 0 Å². The second kappa shape index (κ2) is 8.11. The van der Waals surface area contributed by atoms with Crippen LogP contribution in [0.25, 0.3) is 0 Å². The molecule has 2 rings (SSSR count). The van der Waals surface area contributed by atoms with Crippen molar-refractivity contribution >= 4 is 11.9 Å². The number of nitriles is 1. The maximum absolute atomic E-state index is 13.1. The summed E-state index contributed by atoms with van der Waals surface area (Å²) in [6.07, 6.45) is 0.127. The zero-order chi connectivity index (χ0) is 18.3. The molecule has 0 saturated heterocycles. The Balaban J connectivity index is 2.41. The number of hydrogen-bond donors (Lipinski definition) is 2. The van der Waals surface area contributed by atoms with E-state index in [1.807, 2.05) is 66.7 Å². The normalized spacial score (nSPS) is 12.0. The number of benzene rings is 2. The van der Waals surface area contributed by atoms with Gasteiger partial charge < -0.3 is 10.4 Å². The summed E-state index contributed by atoms with van der Waals surface area (Å²) in [5.74, 6) is -1.55. The van der Waals surface area contributed by atoms with Crippen LogP contribution in [0.3, 0.4) is 0 Å². The lowest BCUT2D eigenvalue weighted by atomic mass is 9.75. The molecule has 5 heteroatoms. The van der Waals surface area contributed by atoms with E-state index in [4.69, 9.17) is 5.26 Å². The van der Waals surface area contributed by atoms with Gasteiger partial charge >= 0.3 is 5.97 Å². The summed E-state index contributed by atoms with van der Waals surface area (Å²) in [6.45, 7) is 1.77. The van der Waals surface area contributed by atoms with E-state index in [-0.39, 0.29) is 12.8 Å². The fourth-order valence-corrected chi connectivity index (χ4v) is 2.74. The Labute approximate surface area is 146 Å². The van der Waals surface area contributed by atoms with E-state index < -0.39 is 23.3 Å². The molecule has 1 amide bonds. The summed E-state index contributed by atoms with van der Waals surface area (Å²) in [6, 6.07) is 19.3. The van der Waals surface area contributed by atoms with E-state index in [0.717, 1.165) is 11.1 Å². The molecular weight excluding hydrogens is 316 g/mol. The highest BCUT2D eigenvalue weighted by Crippen LogP contribution is 2.32. The molecule has 0 aliphatic carbocycles. The second-order valence-electron chi connectivity index (χ2n) is 5.92. The minimum Gasteiger partial charge on any atom is -0.480 e. The van der Waals surface area contributed by atoms with Gasteiger partial charge in [-0.05, 0) is 24.5 Å². The first-order chi connectivity index (χ1) is 12.0. The standard InChI is InChI=1S/C20H20N2O3/c1-20(15-9-4-2-5-10-15,16-11-6-3-7-12-16)19(25)22-17(18(23)24)13-8-14-21/h2-7,9-12,17H,8,13H2,1H3,(H,22,25)(H,23,24)/t17-/m0/s1. The van der Waals surface area contributed by atoms with Crippen molar-refractivity contribution in [3.05, 3.63) is 71.8 Å². The molecule has 2 aromatic carbocycles. The number of nitrogens with zero attached hydrogens (tertiary/aromatic N) is 1. The van der Waals surface area contributed by atoms with E-state index in [1.54, 1.807) is 6.92 Å². The second-order valence-corrected chi connectivity index (χ2v) is 5.92. The lowest BCUT2D eigenvalue weighted by molar-refractivity contribution is -0.142. The molecule has 0 heterocycles. The van der Waals surface area contributed by atoms with Crippen LogP contribution in [0.4, 0.5) is 0 Å². The Kier molecular flexibility index (Phi) is 5.91. The summed E-state index contributed by atoms with van der Waals surface area (Å²) in [4.78, 5) is 24.5. The van der Waals surface area contributed by atoms with Gasteiger partial charge in [0.1, 0.15) is 6.04 Å². The van der Waals surface area contributed by atoms with Gasteiger partial charge in [0.2, 0.25) is 5.91 Å². The van der Waals surface area contributed by atoms with Crippen LogP contribution < -0.4 is 5.32 Å². The molecule has 0 spiro atoms. The fourth-order valence-electron chi connectivity index (χ4n) is 2.74. The average molecular weight is 336 g/mol. The van der Waals surface area contributed by atoms with Gasteiger partial charge in [0, 0.05) is 6.42 Å². The van der Waals surface area contributed by atoms with Gasteiger partial charge in [0.25, 0.3) is 0 Å². The third kappa shape index (κ3) is 4.04. The van der Waals surface area contributed by atoms with E-state index in [9.17, 15) is 14.7 Å². The molecule has 0 unspecified atom stereocenters. The van der Waals surface area contributed by atoms with Gasteiger partial charge in [-0.25, -0.2) is 4.79 Å². The van der Waals surface area contributed by atoms with Gasteiger partial charge in [-0.1, -0.05) is 60.7 Å². The molecular formula is C20H20N2O3. The zero-order valence-electron chi connectivity index (χ0n) is 14.0. The van der Waals surface area contributed by atoms with Crippen molar-refractivity contribution in [2.24, 2.45) is 0 Å². The first-order valence-corrected chi connectivity index (χ1v) is 8.02. The predicted molar refractivity (Wildman–Crippen MR) is 93.8 cm³/mol. The topological polar surface area (TPSA) is 90.2 Å². The summed E-state index contributed by atoms with van der Waals surface area (Å²) in [5, 5.41) is 20.6. The first kappa shape index (κ1) is 18.2. The Morgan fingerprint density at radius 2 is 1.56 bits per heavy atom. The van der Waals surface area contributed by atoms with Crippen molar-refractivity contribution in [3.63, 3.8) is 0 Å². The smallest absolute Gasteiger partial charge is 0.326 e. The highest BCUT2D eigenvalue weighted by molar-refractivity contribution is 5.94. The van der Waals surface area contributed by atoms with E-state index in [2.05, 4.69) is 5.32 Å². The van der Waals surface area contributed by atoms with Crippen LogP contribution in [0.5, 0.6) is 0 Å². The van der Waals surface area contributed by atoms with Crippen molar-refractivity contribution in [2.75, 3.05) is 0 Å². The van der Waals surface area contributed by atoms with Gasteiger partial charge in [-0.2, -0.15) is 5.26 Å². The molecule has 0 radical (unpaired) electrons. The van der Waals surface area contributed by atoms with Crippen LogP contribution in [-0.2, 0) is 15.0 Å².